The van der Waals surface area contributed by atoms with Gasteiger partial charge in [0.1, 0.15) is 6.33 Å². The Labute approximate surface area is 107 Å². The number of thioether (sulfide) groups is 1. The molecule has 0 saturated heterocycles. The van der Waals surface area contributed by atoms with E-state index in [0.29, 0.717) is 12.0 Å². The number of nitrogens with zero attached hydrogens (tertiary/aromatic N) is 2. The molecular formula is C11H21N3S2. The highest BCUT2D eigenvalue weighted by molar-refractivity contribution is 8.00. The van der Waals surface area contributed by atoms with Crippen LogP contribution in [0.5, 0.6) is 0 Å². The third-order valence-electron chi connectivity index (χ3n) is 2.71. The van der Waals surface area contributed by atoms with Crippen molar-refractivity contribution in [2.75, 3.05) is 12.3 Å². The van der Waals surface area contributed by atoms with Crippen LogP contribution < -0.4 is 5.32 Å². The zero-order valence-electron chi connectivity index (χ0n) is 10.3. The smallest absolute Gasteiger partial charge is 0.169 e. The summed E-state index contributed by atoms with van der Waals surface area (Å²) in [6.45, 7) is 7.87. The van der Waals surface area contributed by atoms with Gasteiger partial charge < -0.3 is 5.32 Å². The molecule has 0 radical (unpaired) electrons. The summed E-state index contributed by atoms with van der Waals surface area (Å²) < 4.78 is 5.09. The van der Waals surface area contributed by atoms with E-state index in [1.165, 1.54) is 24.4 Å². The van der Waals surface area contributed by atoms with Crippen molar-refractivity contribution in [3.8, 4) is 0 Å². The SMILES string of the molecule is CCCNC(CSc1ncns1)C(C)CC. The molecule has 1 aromatic rings. The van der Waals surface area contributed by atoms with E-state index in [2.05, 4.69) is 35.4 Å². The molecule has 16 heavy (non-hydrogen) atoms. The Bertz CT molecular complexity index is 264. The van der Waals surface area contributed by atoms with E-state index in [4.69, 9.17) is 0 Å². The Morgan fingerprint density at radius 2 is 2.31 bits per heavy atom. The summed E-state index contributed by atoms with van der Waals surface area (Å²) in [6.07, 6.45) is 4.04. The number of hydrogen-bond donors (Lipinski definition) is 1. The lowest BCUT2D eigenvalue weighted by atomic mass is 10.0. The van der Waals surface area contributed by atoms with Crippen molar-refractivity contribution in [1.29, 1.82) is 0 Å². The monoisotopic (exact) mass is 259 g/mol. The van der Waals surface area contributed by atoms with Gasteiger partial charge in [0, 0.05) is 11.8 Å². The molecule has 3 nitrogen and oxygen atoms in total. The molecule has 1 N–H and O–H groups in total. The van der Waals surface area contributed by atoms with Gasteiger partial charge in [-0.05, 0) is 30.4 Å². The molecule has 1 rings (SSSR count). The Balaban J connectivity index is 2.37. The molecule has 0 aromatic carbocycles. The fourth-order valence-corrected chi connectivity index (χ4v) is 3.14. The molecule has 2 atom stereocenters. The summed E-state index contributed by atoms with van der Waals surface area (Å²) in [5.41, 5.74) is 0. The summed E-state index contributed by atoms with van der Waals surface area (Å²) in [7, 11) is 0. The van der Waals surface area contributed by atoms with Gasteiger partial charge in [-0.2, -0.15) is 4.37 Å². The summed E-state index contributed by atoms with van der Waals surface area (Å²) in [5, 5.41) is 3.62. The van der Waals surface area contributed by atoms with E-state index in [0.717, 1.165) is 16.6 Å². The van der Waals surface area contributed by atoms with Gasteiger partial charge in [-0.3, -0.25) is 0 Å². The highest BCUT2D eigenvalue weighted by atomic mass is 32.2. The second-order valence-corrected chi connectivity index (χ2v) is 6.01. The predicted molar refractivity (Wildman–Crippen MR) is 72.2 cm³/mol. The number of hydrogen-bond acceptors (Lipinski definition) is 5. The minimum atomic E-state index is 0.582. The summed E-state index contributed by atoms with van der Waals surface area (Å²) in [6, 6.07) is 0.582. The molecule has 0 aliphatic rings. The molecule has 0 amide bonds. The zero-order chi connectivity index (χ0) is 11.8. The molecule has 0 aliphatic heterocycles. The van der Waals surface area contributed by atoms with E-state index < -0.39 is 0 Å². The summed E-state index contributed by atoms with van der Waals surface area (Å²) >= 11 is 3.29. The van der Waals surface area contributed by atoms with Gasteiger partial charge in [-0.1, -0.05) is 39.0 Å². The topological polar surface area (TPSA) is 37.8 Å². The molecule has 0 spiro atoms. The van der Waals surface area contributed by atoms with E-state index in [1.54, 1.807) is 6.33 Å². The Morgan fingerprint density at radius 3 is 2.88 bits per heavy atom. The maximum Gasteiger partial charge on any atom is 0.169 e. The summed E-state index contributed by atoms with van der Waals surface area (Å²) in [5.74, 6) is 1.80. The van der Waals surface area contributed by atoms with Crippen molar-refractivity contribution in [3.63, 3.8) is 0 Å². The van der Waals surface area contributed by atoms with Gasteiger partial charge in [-0.25, -0.2) is 4.98 Å². The van der Waals surface area contributed by atoms with Crippen molar-refractivity contribution in [3.05, 3.63) is 6.33 Å². The van der Waals surface area contributed by atoms with Gasteiger partial charge in [0.25, 0.3) is 0 Å². The number of aromatic nitrogens is 2. The normalized spacial score (nSPS) is 14.9. The van der Waals surface area contributed by atoms with Crippen LogP contribution in [0.2, 0.25) is 0 Å². The van der Waals surface area contributed by atoms with Crippen LogP contribution >= 0.6 is 23.3 Å². The fraction of sp³-hybridized carbons (Fsp3) is 0.818. The first-order chi connectivity index (χ1) is 7.77. The molecule has 0 saturated carbocycles. The Morgan fingerprint density at radius 1 is 1.50 bits per heavy atom. The minimum absolute atomic E-state index is 0.582. The number of nitrogens with one attached hydrogen (secondary N) is 1. The fourth-order valence-electron chi connectivity index (χ4n) is 1.43. The first-order valence-corrected chi connectivity index (χ1v) is 7.66. The lowest BCUT2D eigenvalue weighted by molar-refractivity contribution is 0.397. The summed E-state index contributed by atoms with van der Waals surface area (Å²) in [4.78, 5) is 4.20. The number of rotatable bonds is 8. The van der Waals surface area contributed by atoms with Crippen LogP contribution in [-0.2, 0) is 0 Å². The lowest BCUT2D eigenvalue weighted by Crippen LogP contribution is -2.37. The first-order valence-electron chi connectivity index (χ1n) is 5.90. The van der Waals surface area contributed by atoms with Crippen LogP contribution in [-0.4, -0.2) is 27.7 Å². The third-order valence-corrected chi connectivity index (χ3v) is 4.63. The second kappa shape index (κ2) is 8.03. The van der Waals surface area contributed by atoms with Crippen LogP contribution in [0, 0.1) is 5.92 Å². The van der Waals surface area contributed by atoms with Crippen LogP contribution in [0.15, 0.2) is 10.7 Å². The van der Waals surface area contributed by atoms with Crippen molar-refractivity contribution >= 4 is 23.3 Å². The third kappa shape index (κ3) is 4.80. The van der Waals surface area contributed by atoms with Crippen molar-refractivity contribution in [1.82, 2.24) is 14.7 Å². The molecule has 1 heterocycles. The maximum absolute atomic E-state index is 4.20. The molecular weight excluding hydrogens is 238 g/mol. The van der Waals surface area contributed by atoms with Gasteiger partial charge >= 0.3 is 0 Å². The molecule has 92 valence electrons. The predicted octanol–water partition coefficient (Wildman–Crippen LogP) is 3.04. The van der Waals surface area contributed by atoms with Crippen molar-refractivity contribution in [2.24, 2.45) is 5.92 Å². The Kier molecular flexibility index (Phi) is 7.00. The largest absolute Gasteiger partial charge is 0.313 e. The van der Waals surface area contributed by atoms with Crippen LogP contribution in [0.3, 0.4) is 0 Å². The van der Waals surface area contributed by atoms with Crippen LogP contribution in [0.1, 0.15) is 33.6 Å². The molecule has 1 aromatic heterocycles. The molecule has 0 fully saturated rings. The average Bonchev–Trinajstić information content (AvgIpc) is 2.81. The molecule has 5 heteroatoms. The van der Waals surface area contributed by atoms with Gasteiger partial charge in [0.15, 0.2) is 4.34 Å². The lowest BCUT2D eigenvalue weighted by Gasteiger charge is -2.23. The average molecular weight is 259 g/mol. The van der Waals surface area contributed by atoms with E-state index >= 15 is 0 Å². The van der Waals surface area contributed by atoms with Gasteiger partial charge in [0.05, 0.1) is 0 Å². The van der Waals surface area contributed by atoms with Gasteiger partial charge in [0.2, 0.25) is 0 Å². The van der Waals surface area contributed by atoms with Gasteiger partial charge in [-0.15, -0.1) is 0 Å². The zero-order valence-corrected chi connectivity index (χ0v) is 11.9. The highest BCUT2D eigenvalue weighted by Crippen LogP contribution is 2.22. The highest BCUT2D eigenvalue weighted by Gasteiger charge is 2.15. The van der Waals surface area contributed by atoms with Crippen molar-refractivity contribution in [2.45, 2.75) is 44.0 Å². The maximum atomic E-state index is 4.20. The standard InChI is InChI=1S/C11H21N3S2/c1-4-6-12-10(9(3)5-2)7-15-11-13-8-14-16-11/h8-10,12H,4-7H2,1-3H3. The Hall–Kier alpha value is -0.130. The minimum Gasteiger partial charge on any atom is -0.313 e. The molecule has 0 bridgehead atoms. The second-order valence-electron chi connectivity index (χ2n) is 3.96. The van der Waals surface area contributed by atoms with E-state index in [-0.39, 0.29) is 0 Å². The first kappa shape index (κ1) is 13.9. The molecule has 2 unspecified atom stereocenters. The van der Waals surface area contributed by atoms with Crippen molar-refractivity contribution < 1.29 is 0 Å². The quantitative estimate of drug-likeness (QED) is 0.728. The molecule has 0 aliphatic carbocycles. The van der Waals surface area contributed by atoms with E-state index in [1.807, 2.05) is 11.8 Å². The van der Waals surface area contributed by atoms with Crippen LogP contribution in [0.4, 0.5) is 0 Å². The van der Waals surface area contributed by atoms with Crippen LogP contribution in [0.25, 0.3) is 0 Å². The van der Waals surface area contributed by atoms with E-state index in [9.17, 15) is 0 Å².